The Balaban J connectivity index is 1.54. The summed E-state index contributed by atoms with van der Waals surface area (Å²) in [6.07, 6.45) is 3.32. The van der Waals surface area contributed by atoms with E-state index in [0.717, 1.165) is 25.2 Å². The van der Waals surface area contributed by atoms with Crippen molar-refractivity contribution < 1.29 is 14.3 Å². The number of carbonyl (C=O) groups is 2. The second kappa shape index (κ2) is 10.4. The molecule has 31 heavy (non-hydrogen) atoms. The Kier molecular flexibility index (Phi) is 7.69. The van der Waals surface area contributed by atoms with Crippen LogP contribution in [0.1, 0.15) is 61.5 Å². The summed E-state index contributed by atoms with van der Waals surface area (Å²) in [6.45, 7) is 9.13. The largest absolute Gasteiger partial charge is 0.444 e. The van der Waals surface area contributed by atoms with Crippen molar-refractivity contribution in [2.75, 3.05) is 18.4 Å². The van der Waals surface area contributed by atoms with Gasteiger partial charge in [0.1, 0.15) is 5.60 Å². The van der Waals surface area contributed by atoms with Gasteiger partial charge in [-0.25, -0.2) is 4.79 Å². The number of anilines is 1. The van der Waals surface area contributed by atoms with Crippen molar-refractivity contribution in [1.82, 2.24) is 10.2 Å². The maximum atomic E-state index is 12.6. The van der Waals surface area contributed by atoms with Crippen LogP contribution in [0.2, 0.25) is 0 Å². The maximum Gasteiger partial charge on any atom is 0.412 e. The highest BCUT2D eigenvalue weighted by molar-refractivity contribution is 5.95. The fourth-order valence-corrected chi connectivity index (χ4v) is 3.65. The Morgan fingerprint density at radius 3 is 2.23 bits per heavy atom. The third-order valence-corrected chi connectivity index (χ3v) is 5.19. The van der Waals surface area contributed by atoms with Crippen LogP contribution in [0.15, 0.2) is 48.5 Å². The number of hydrogen-bond donors (Lipinski definition) is 2. The Labute approximate surface area is 185 Å². The van der Waals surface area contributed by atoms with E-state index in [1.165, 1.54) is 24.8 Å². The van der Waals surface area contributed by atoms with Crippen LogP contribution < -0.4 is 10.6 Å². The van der Waals surface area contributed by atoms with Gasteiger partial charge in [-0.3, -0.25) is 15.0 Å². The highest BCUT2D eigenvalue weighted by Gasteiger charge is 2.16. The zero-order valence-corrected chi connectivity index (χ0v) is 18.7. The minimum Gasteiger partial charge on any atom is -0.444 e. The lowest BCUT2D eigenvalue weighted by atomic mass is 10.0. The number of ether oxygens (including phenoxy) is 1. The lowest BCUT2D eigenvalue weighted by Crippen LogP contribution is -2.30. The second-order valence-corrected chi connectivity index (χ2v) is 8.99. The summed E-state index contributed by atoms with van der Waals surface area (Å²) >= 11 is 0. The molecule has 0 saturated carbocycles. The molecule has 166 valence electrons. The van der Waals surface area contributed by atoms with E-state index in [1.807, 2.05) is 26.8 Å². The van der Waals surface area contributed by atoms with Gasteiger partial charge in [-0.15, -0.1) is 0 Å². The van der Waals surface area contributed by atoms with Crippen LogP contribution in [0.4, 0.5) is 10.5 Å². The monoisotopic (exact) mass is 423 g/mol. The lowest BCUT2D eigenvalue weighted by molar-refractivity contribution is 0.0635. The number of hydrogen-bond acceptors (Lipinski definition) is 4. The third kappa shape index (κ3) is 7.40. The van der Waals surface area contributed by atoms with Gasteiger partial charge in [0.25, 0.3) is 5.91 Å². The first-order valence-electron chi connectivity index (χ1n) is 11.0. The van der Waals surface area contributed by atoms with Crippen molar-refractivity contribution in [3.05, 3.63) is 65.2 Å². The first-order chi connectivity index (χ1) is 14.8. The van der Waals surface area contributed by atoms with Gasteiger partial charge in [-0.1, -0.05) is 30.7 Å². The molecule has 6 nitrogen and oxygen atoms in total. The average molecular weight is 424 g/mol. The molecule has 2 amide bonds. The fraction of sp³-hybridized carbons (Fsp3) is 0.440. The van der Waals surface area contributed by atoms with Gasteiger partial charge in [0.05, 0.1) is 0 Å². The minimum absolute atomic E-state index is 0.142. The van der Waals surface area contributed by atoms with Crippen molar-refractivity contribution in [3.63, 3.8) is 0 Å². The van der Waals surface area contributed by atoms with Crippen LogP contribution in [-0.4, -0.2) is 35.6 Å². The van der Waals surface area contributed by atoms with Crippen molar-refractivity contribution >= 4 is 17.7 Å². The Hall–Kier alpha value is -2.86. The van der Waals surface area contributed by atoms with Gasteiger partial charge in [-0.2, -0.15) is 0 Å². The van der Waals surface area contributed by atoms with Crippen LogP contribution >= 0.6 is 0 Å². The predicted octanol–water partition coefficient (Wildman–Crippen LogP) is 4.95. The number of benzene rings is 2. The Morgan fingerprint density at radius 1 is 0.935 bits per heavy atom. The first kappa shape index (κ1) is 22.8. The third-order valence-electron chi connectivity index (χ3n) is 5.19. The molecule has 1 saturated heterocycles. The maximum absolute atomic E-state index is 12.6. The number of amides is 2. The number of nitrogens with zero attached hydrogens (tertiary/aromatic N) is 1. The Morgan fingerprint density at radius 2 is 1.58 bits per heavy atom. The molecule has 0 unspecified atom stereocenters. The summed E-state index contributed by atoms with van der Waals surface area (Å²) in [6, 6.07) is 15.1. The summed E-state index contributed by atoms with van der Waals surface area (Å²) in [7, 11) is 0. The van der Waals surface area contributed by atoms with Crippen molar-refractivity contribution in [1.29, 1.82) is 0 Å². The summed E-state index contributed by atoms with van der Waals surface area (Å²) in [4.78, 5) is 27.0. The molecule has 3 rings (SSSR count). The topological polar surface area (TPSA) is 70.7 Å². The Bertz CT molecular complexity index is 882. The van der Waals surface area contributed by atoms with E-state index in [-0.39, 0.29) is 5.91 Å². The van der Waals surface area contributed by atoms with Gasteiger partial charge < -0.3 is 10.1 Å². The molecule has 1 heterocycles. The minimum atomic E-state index is -0.561. The normalized spacial score (nSPS) is 14.7. The summed E-state index contributed by atoms with van der Waals surface area (Å²) in [5.41, 5.74) is 2.97. The summed E-state index contributed by atoms with van der Waals surface area (Å²) in [5, 5.41) is 5.69. The number of nitrogens with one attached hydrogen (secondary N) is 2. The van der Waals surface area contributed by atoms with Gasteiger partial charge in [-0.05, 0) is 82.1 Å². The predicted molar refractivity (Wildman–Crippen MR) is 123 cm³/mol. The molecule has 0 spiro atoms. The molecule has 1 aliphatic heterocycles. The van der Waals surface area contributed by atoms with Crippen LogP contribution in [0.3, 0.4) is 0 Å². The number of likely N-dealkylation sites (tertiary alicyclic amines) is 1. The number of carbonyl (C=O) groups excluding carboxylic acids is 2. The molecular weight excluding hydrogens is 390 g/mol. The van der Waals surface area contributed by atoms with Crippen LogP contribution in [0, 0.1) is 0 Å². The van der Waals surface area contributed by atoms with Crippen molar-refractivity contribution in [3.8, 4) is 0 Å². The van der Waals surface area contributed by atoms with E-state index in [9.17, 15) is 9.59 Å². The van der Waals surface area contributed by atoms with Gasteiger partial charge >= 0.3 is 6.09 Å². The molecule has 2 aromatic rings. The standard InChI is InChI=1S/C25H33N3O3/c1-25(2,3)31-24(30)27-22-13-11-19(12-14-22)23(29)26-17-20-9-5-6-10-21(20)18-28-15-7-4-8-16-28/h5-6,9-14H,4,7-8,15-18H2,1-3H3,(H,26,29)(H,27,30). The van der Waals surface area contributed by atoms with Crippen LogP contribution in [0.25, 0.3) is 0 Å². The van der Waals surface area contributed by atoms with E-state index in [1.54, 1.807) is 24.3 Å². The summed E-state index contributed by atoms with van der Waals surface area (Å²) in [5.74, 6) is -0.142. The van der Waals surface area contributed by atoms with E-state index < -0.39 is 11.7 Å². The number of rotatable bonds is 6. The van der Waals surface area contributed by atoms with Gasteiger partial charge in [0.2, 0.25) is 0 Å². The molecule has 0 bridgehead atoms. The SMILES string of the molecule is CC(C)(C)OC(=O)Nc1ccc(C(=O)NCc2ccccc2CN2CCCCC2)cc1. The van der Waals surface area contributed by atoms with E-state index in [2.05, 4.69) is 33.7 Å². The molecule has 1 fully saturated rings. The molecule has 0 aliphatic carbocycles. The smallest absolute Gasteiger partial charge is 0.412 e. The van der Waals surface area contributed by atoms with E-state index in [4.69, 9.17) is 4.74 Å². The van der Waals surface area contributed by atoms with E-state index >= 15 is 0 Å². The zero-order valence-electron chi connectivity index (χ0n) is 18.7. The molecule has 0 atom stereocenters. The van der Waals surface area contributed by atoms with Crippen molar-refractivity contribution in [2.45, 2.75) is 58.7 Å². The lowest BCUT2D eigenvalue weighted by Gasteiger charge is -2.27. The summed E-state index contributed by atoms with van der Waals surface area (Å²) < 4.78 is 5.24. The molecule has 0 radical (unpaired) electrons. The first-order valence-corrected chi connectivity index (χ1v) is 11.0. The van der Waals surface area contributed by atoms with E-state index in [0.29, 0.717) is 17.8 Å². The molecule has 2 N–H and O–H groups in total. The molecule has 6 heteroatoms. The van der Waals surface area contributed by atoms with Gasteiger partial charge in [0.15, 0.2) is 0 Å². The fourth-order valence-electron chi connectivity index (χ4n) is 3.65. The highest BCUT2D eigenvalue weighted by Crippen LogP contribution is 2.17. The second-order valence-electron chi connectivity index (χ2n) is 8.99. The molecule has 2 aromatic carbocycles. The molecular formula is C25H33N3O3. The van der Waals surface area contributed by atoms with Crippen LogP contribution in [0.5, 0.6) is 0 Å². The van der Waals surface area contributed by atoms with Crippen LogP contribution in [-0.2, 0) is 17.8 Å². The molecule has 0 aromatic heterocycles. The number of piperidine rings is 1. The molecule has 1 aliphatic rings. The highest BCUT2D eigenvalue weighted by atomic mass is 16.6. The zero-order chi connectivity index (χ0) is 22.3. The average Bonchev–Trinajstić information content (AvgIpc) is 2.73. The quantitative estimate of drug-likeness (QED) is 0.690. The van der Waals surface area contributed by atoms with Gasteiger partial charge in [0, 0.05) is 24.3 Å². The van der Waals surface area contributed by atoms with Crippen molar-refractivity contribution in [2.24, 2.45) is 0 Å².